The molecule has 0 aliphatic carbocycles. The molecule has 0 nitrogen and oxygen atoms in total. The van der Waals surface area contributed by atoms with Crippen molar-refractivity contribution >= 4 is 11.8 Å². The Balaban J connectivity index is 3.39. The molecule has 13 heavy (non-hydrogen) atoms. The fourth-order valence-corrected chi connectivity index (χ4v) is 2.47. The molecule has 0 N–H and O–H groups in total. The summed E-state index contributed by atoms with van der Waals surface area (Å²) in [5, 5.41) is 0. The zero-order valence-electron chi connectivity index (χ0n) is 9.86. The van der Waals surface area contributed by atoms with Gasteiger partial charge in [0.1, 0.15) is 0 Å². The van der Waals surface area contributed by atoms with Crippen LogP contribution >= 0.6 is 11.8 Å². The predicted octanol–water partition coefficient (Wildman–Crippen LogP) is 4.88. The van der Waals surface area contributed by atoms with Crippen LogP contribution in [0.1, 0.15) is 66.2 Å². The van der Waals surface area contributed by atoms with Crippen LogP contribution in [0, 0.1) is 0 Å². The highest BCUT2D eigenvalue weighted by Crippen LogP contribution is 2.30. The molecule has 80 valence electrons. The van der Waals surface area contributed by atoms with Crippen LogP contribution in [-0.4, -0.2) is 10.5 Å². The first-order valence-corrected chi connectivity index (χ1v) is 6.75. The Hall–Kier alpha value is 0.350. The van der Waals surface area contributed by atoms with Gasteiger partial charge in [-0.15, -0.1) is 0 Å². The summed E-state index contributed by atoms with van der Waals surface area (Å²) >= 11 is 2.14. The minimum atomic E-state index is 0.518. The average Bonchev–Trinajstić information content (AvgIpc) is 2.09. The van der Waals surface area contributed by atoms with Crippen LogP contribution in [0.4, 0.5) is 0 Å². The summed E-state index contributed by atoms with van der Waals surface area (Å²) in [5.74, 6) is 1.32. The molecule has 0 bridgehead atoms. The molecule has 0 radical (unpaired) electrons. The van der Waals surface area contributed by atoms with Crippen LogP contribution in [0.5, 0.6) is 0 Å². The van der Waals surface area contributed by atoms with E-state index in [-0.39, 0.29) is 0 Å². The molecule has 0 rings (SSSR count). The molecule has 0 aliphatic heterocycles. The lowest BCUT2D eigenvalue weighted by Gasteiger charge is -2.23. The van der Waals surface area contributed by atoms with Crippen molar-refractivity contribution in [1.29, 1.82) is 0 Å². The van der Waals surface area contributed by atoms with Crippen molar-refractivity contribution in [3.63, 3.8) is 0 Å². The Morgan fingerprint density at radius 2 is 1.62 bits per heavy atom. The standard InChI is InChI=1S/C12H26S/c1-5-7-8-9-10-12(3,4)13-11-6-2/h5-11H2,1-4H3. The van der Waals surface area contributed by atoms with Crippen LogP contribution in [0.3, 0.4) is 0 Å². The maximum atomic E-state index is 2.39. The minimum Gasteiger partial charge on any atom is -0.156 e. The second kappa shape index (κ2) is 7.73. The highest BCUT2D eigenvalue weighted by Gasteiger charge is 2.16. The highest BCUT2D eigenvalue weighted by atomic mass is 32.2. The predicted molar refractivity (Wildman–Crippen MR) is 65.6 cm³/mol. The van der Waals surface area contributed by atoms with Crippen LogP contribution in [0.2, 0.25) is 0 Å². The van der Waals surface area contributed by atoms with Crippen molar-refractivity contribution < 1.29 is 0 Å². The van der Waals surface area contributed by atoms with E-state index in [0.717, 1.165) is 0 Å². The Morgan fingerprint density at radius 3 is 2.15 bits per heavy atom. The summed E-state index contributed by atoms with van der Waals surface area (Å²) in [6.07, 6.45) is 8.29. The summed E-state index contributed by atoms with van der Waals surface area (Å²) in [4.78, 5) is 0. The molecule has 0 aliphatic rings. The Kier molecular flexibility index (Phi) is 7.93. The van der Waals surface area contributed by atoms with Gasteiger partial charge in [-0.25, -0.2) is 0 Å². The van der Waals surface area contributed by atoms with E-state index >= 15 is 0 Å². The van der Waals surface area contributed by atoms with Gasteiger partial charge in [-0.05, 0) is 18.6 Å². The fourth-order valence-electron chi connectivity index (χ4n) is 1.43. The van der Waals surface area contributed by atoms with Crippen LogP contribution in [-0.2, 0) is 0 Å². The summed E-state index contributed by atoms with van der Waals surface area (Å²) in [5.41, 5.74) is 0. The first-order chi connectivity index (χ1) is 6.12. The van der Waals surface area contributed by atoms with E-state index in [9.17, 15) is 0 Å². The third-order valence-electron chi connectivity index (χ3n) is 2.33. The van der Waals surface area contributed by atoms with Gasteiger partial charge < -0.3 is 0 Å². The van der Waals surface area contributed by atoms with E-state index in [1.807, 2.05) is 0 Å². The van der Waals surface area contributed by atoms with Gasteiger partial charge in [0.15, 0.2) is 0 Å². The Morgan fingerprint density at radius 1 is 0.923 bits per heavy atom. The number of unbranched alkanes of at least 4 members (excludes halogenated alkanes) is 3. The summed E-state index contributed by atoms with van der Waals surface area (Å²) in [6, 6.07) is 0. The van der Waals surface area contributed by atoms with Gasteiger partial charge in [0.2, 0.25) is 0 Å². The summed E-state index contributed by atoms with van der Waals surface area (Å²) < 4.78 is 0.518. The average molecular weight is 202 g/mol. The number of hydrogen-bond donors (Lipinski definition) is 0. The molecule has 0 saturated carbocycles. The first kappa shape index (κ1) is 13.4. The van der Waals surface area contributed by atoms with Gasteiger partial charge >= 0.3 is 0 Å². The maximum Gasteiger partial charge on any atom is 0.0103 e. The molecule has 0 fully saturated rings. The van der Waals surface area contributed by atoms with Gasteiger partial charge in [-0.3, -0.25) is 0 Å². The van der Waals surface area contributed by atoms with E-state index in [2.05, 4.69) is 39.5 Å². The second-order valence-corrected chi connectivity index (χ2v) is 6.22. The van der Waals surface area contributed by atoms with Gasteiger partial charge in [0.25, 0.3) is 0 Å². The molecule has 0 amide bonds. The third-order valence-corrected chi connectivity index (χ3v) is 3.93. The van der Waals surface area contributed by atoms with E-state index < -0.39 is 0 Å². The van der Waals surface area contributed by atoms with Crippen molar-refractivity contribution in [2.75, 3.05) is 5.75 Å². The Labute approximate surface area is 88.9 Å². The van der Waals surface area contributed by atoms with E-state index in [4.69, 9.17) is 0 Å². The van der Waals surface area contributed by atoms with Gasteiger partial charge in [0.05, 0.1) is 0 Å². The second-order valence-electron chi connectivity index (χ2n) is 4.42. The zero-order chi connectivity index (χ0) is 10.2. The Bertz CT molecular complexity index is 108. The zero-order valence-corrected chi connectivity index (χ0v) is 10.7. The molecule has 0 heterocycles. The van der Waals surface area contributed by atoms with Crippen molar-refractivity contribution in [3.05, 3.63) is 0 Å². The SMILES string of the molecule is CCCCCCC(C)(C)SCCC. The lowest BCUT2D eigenvalue weighted by atomic mass is 10.0. The third kappa shape index (κ3) is 8.67. The molecule has 0 aromatic carbocycles. The summed E-state index contributed by atoms with van der Waals surface area (Å²) in [7, 11) is 0. The van der Waals surface area contributed by atoms with Gasteiger partial charge in [0, 0.05) is 4.75 Å². The molecule has 0 unspecified atom stereocenters. The number of rotatable bonds is 8. The monoisotopic (exact) mass is 202 g/mol. The molecule has 0 saturated heterocycles. The molecule has 0 atom stereocenters. The number of hydrogen-bond acceptors (Lipinski definition) is 1. The topological polar surface area (TPSA) is 0 Å². The lowest BCUT2D eigenvalue weighted by molar-refractivity contribution is 0.559. The molecule has 0 aromatic rings. The first-order valence-electron chi connectivity index (χ1n) is 5.76. The van der Waals surface area contributed by atoms with Gasteiger partial charge in [-0.2, -0.15) is 11.8 Å². The van der Waals surface area contributed by atoms with Crippen LogP contribution in [0.15, 0.2) is 0 Å². The van der Waals surface area contributed by atoms with E-state index in [1.54, 1.807) is 0 Å². The molecule has 1 heteroatoms. The summed E-state index contributed by atoms with van der Waals surface area (Å²) in [6.45, 7) is 9.32. The van der Waals surface area contributed by atoms with Crippen molar-refractivity contribution in [1.82, 2.24) is 0 Å². The van der Waals surface area contributed by atoms with E-state index in [0.29, 0.717) is 4.75 Å². The lowest BCUT2D eigenvalue weighted by Crippen LogP contribution is -2.14. The van der Waals surface area contributed by atoms with Crippen molar-refractivity contribution in [3.8, 4) is 0 Å². The largest absolute Gasteiger partial charge is 0.156 e. The van der Waals surface area contributed by atoms with Crippen LogP contribution in [0.25, 0.3) is 0 Å². The van der Waals surface area contributed by atoms with Crippen LogP contribution < -0.4 is 0 Å². The highest BCUT2D eigenvalue weighted by molar-refractivity contribution is 8.00. The molecule has 0 spiro atoms. The number of thioether (sulfide) groups is 1. The maximum absolute atomic E-state index is 2.39. The van der Waals surface area contributed by atoms with Crippen molar-refractivity contribution in [2.45, 2.75) is 71.0 Å². The minimum absolute atomic E-state index is 0.518. The van der Waals surface area contributed by atoms with E-state index in [1.165, 1.54) is 44.3 Å². The molecular weight excluding hydrogens is 176 g/mol. The smallest absolute Gasteiger partial charge is 0.0103 e. The molecular formula is C12H26S. The fraction of sp³-hybridized carbons (Fsp3) is 1.00. The normalized spacial score (nSPS) is 12.0. The molecule has 0 aromatic heterocycles. The quantitative estimate of drug-likeness (QED) is 0.506. The van der Waals surface area contributed by atoms with Crippen molar-refractivity contribution in [2.24, 2.45) is 0 Å². The van der Waals surface area contributed by atoms with Gasteiger partial charge in [-0.1, -0.05) is 53.4 Å².